The molecular weight excluding hydrogens is 373 g/mol. The second-order valence-corrected chi connectivity index (χ2v) is 7.55. The summed E-state index contributed by atoms with van der Waals surface area (Å²) < 4.78 is 42.3. The van der Waals surface area contributed by atoms with E-state index in [1.807, 2.05) is 0 Å². The molecule has 142 valence electrons. The fourth-order valence-corrected chi connectivity index (χ4v) is 3.65. The van der Waals surface area contributed by atoms with Crippen molar-refractivity contribution < 1.29 is 32.1 Å². The van der Waals surface area contributed by atoms with Crippen LogP contribution in [-0.2, 0) is 24.3 Å². The van der Waals surface area contributed by atoms with E-state index in [0.717, 1.165) is 28.8 Å². The number of carbonyl (C=O) groups excluding carboxylic acids is 2. The summed E-state index contributed by atoms with van der Waals surface area (Å²) in [6.07, 6.45) is 1.77. The van der Waals surface area contributed by atoms with E-state index in [4.69, 9.17) is 4.74 Å². The zero-order chi connectivity index (χ0) is 19.5. The lowest BCUT2D eigenvalue weighted by Gasteiger charge is -2.20. The van der Waals surface area contributed by atoms with E-state index in [0.29, 0.717) is 6.42 Å². The number of nitrogens with zero attached hydrogens (tertiary/aromatic N) is 2. The molecule has 0 aliphatic carbocycles. The molecule has 0 aromatic heterocycles. The first-order chi connectivity index (χ1) is 12.1. The normalized spacial score (nSPS) is 17.7. The lowest BCUT2D eigenvalue weighted by Crippen LogP contribution is -2.41. The zero-order valence-corrected chi connectivity index (χ0v) is 14.5. The SMILES string of the molecule is CS(=O)(=O)N1CCCC1C(=O)OCC(=O)Nc1ccc(F)c([N+](=O)[O-])c1. The van der Waals surface area contributed by atoms with Gasteiger partial charge >= 0.3 is 11.7 Å². The molecule has 1 unspecified atom stereocenters. The van der Waals surface area contributed by atoms with Crippen molar-refractivity contribution in [2.24, 2.45) is 0 Å². The van der Waals surface area contributed by atoms with Crippen molar-refractivity contribution in [3.05, 3.63) is 34.1 Å². The molecule has 1 aromatic carbocycles. The number of amides is 1. The van der Waals surface area contributed by atoms with Crippen LogP contribution in [-0.4, -0.2) is 55.0 Å². The number of esters is 1. The Kier molecular flexibility index (Phi) is 5.87. The highest BCUT2D eigenvalue weighted by Gasteiger charge is 2.37. The van der Waals surface area contributed by atoms with E-state index in [1.165, 1.54) is 0 Å². The second kappa shape index (κ2) is 7.74. The highest BCUT2D eigenvalue weighted by molar-refractivity contribution is 7.88. The average Bonchev–Trinajstić information content (AvgIpc) is 3.04. The van der Waals surface area contributed by atoms with Crippen LogP contribution < -0.4 is 5.32 Å². The number of sulfonamides is 1. The summed E-state index contributed by atoms with van der Waals surface area (Å²) in [5.74, 6) is -2.71. The lowest BCUT2D eigenvalue weighted by molar-refractivity contribution is -0.387. The Hall–Kier alpha value is -2.60. The van der Waals surface area contributed by atoms with Gasteiger partial charge in [0, 0.05) is 18.3 Å². The predicted octanol–water partition coefficient (Wildman–Crippen LogP) is 0.640. The summed E-state index contributed by atoms with van der Waals surface area (Å²) >= 11 is 0. The second-order valence-electron chi connectivity index (χ2n) is 5.61. The third kappa shape index (κ3) is 4.73. The van der Waals surface area contributed by atoms with Crippen molar-refractivity contribution in [1.82, 2.24) is 4.31 Å². The lowest BCUT2D eigenvalue weighted by atomic mass is 10.2. The Morgan fingerprint density at radius 3 is 2.77 bits per heavy atom. The van der Waals surface area contributed by atoms with E-state index in [1.54, 1.807) is 0 Å². The Labute approximate surface area is 148 Å². The molecule has 1 amide bonds. The van der Waals surface area contributed by atoms with Crippen LogP contribution in [0.5, 0.6) is 0 Å². The van der Waals surface area contributed by atoms with Gasteiger partial charge in [0.1, 0.15) is 6.04 Å². The summed E-state index contributed by atoms with van der Waals surface area (Å²) in [6, 6.07) is 1.79. The molecule has 0 saturated carbocycles. The maximum Gasteiger partial charge on any atom is 0.324 e. The maximum absolute atomic E-state index is 13.2. The summed E-state index contributed by atoms with van der Waals surface area (Å²) in [7, 11) is -3.57. The van der Waals surface area contributed by atoms with Crippen molar-refractivity contribution in [3.8, 4) is 0 Å². The Morgan fingerprint density at radius 2 is 2.15 bits per heavy atom. The van der Waals surface area contributed by atoms with Crippen LogP contribution in [0.15, 0.2) is 18.2 Å². The summed E-state index contributed by atoms with van der Waals surface area (Å²) in [6.45, 7) is -0.512. The molecule has 12 heteroatoms. The molecule has 2 rings (SSSR count). The van der Waals surface area contributed by atoms with Crippen LogP contribution in [0.1, 0.15) is 12.8 Å². The molecule has 0 radical (unpaired) electrons. The Morgan fingerprint density at radius 1 is 1.46 bits per heavy atom. The fourth-order valence-electron chi connectivity index (χ4n) is 2.53. The zero-order valence-electron chi connectivity index (χ0n) is 13.7. The third-order valence-corrected chi connectivity index (χ3v) is 4.96. The molecule has 1 aromatic rings. The number of ether oxygens (including phenoxy) is 1. The molecule has 0 spiro atoms. The van der Waals surface area contributed by atoms with Gasteiger partial charge in [0.15, 0.2) is 6.61 Å². The van der Waals surface area contributed by atoms with Gasteiger partial charge in [-0.1, -0.05) is 0 Å². The van der Waals surface area contributed by atoms with Crippen LogP contribution in [0.2, 0.25) is 0 Å². The molecule has 0 bridgehead atoms. The van der Waals surface area contributed by atoms with E-state index in [9.17, 15) is 32.5 Å². The standard InChI is InChI=1S/C14H16FN3O7S/c1-26(23,24)17-6-2-3-11(17)14(20)25-8-13(19)16-9-4-5-10(15)12(7-9)18(21)22/h4-5,7,11H,2-3,6,8H2,1H3,(H,16,19). The van der Waals surface area contributed by atoms with Crippen LogP contribution in [0.4, 0.5) is 15.8 Å². The Balaban J connectivity index is 1.94. The van der Waals surface area contributed by atoms with Gasteiger partial charge in [0.05, 0.1) is 11.2 Å². The first-order valence-electron chi connectivity index (χ1n) is 7.47. The minimum absolute atomic E-state index is 0.0437. The summed E-state index contributed by atoms with van der Waals surface area (Å²) in [5, 5.41) is 12.9. The van der Waals surface area contributed by atoms with Gasteiger partial charge in [-0.25, -0.2) is 8.42 Å². The number of carbonyl (C=O) groups is 2. The fraction of sp³-hybridized carbons (Fsp3) is 0.429. The van der Waals surface area contributed by atoms with Gasteiger partial charge in [-0.05, 0) is 25.0 Å². The van der Waals surface area contributed by atoms with Gasteiger partial charge in [0.2, 0.25) is 15.8 Å². The van der Waals surface area contributed by atoms with Crippen molar-refractivity contribution in [2.75, 3.05) is 24.7 Å². The van der Waals surface area contributed by atoms with Crippen molar-refractivity contribution in [3.63, 3.8) is 0 Å². The van der Waals surface area contributed by atoms with Gasteiger partial charge in [-0.2, -0.15) is 8.70 Å². The number of rotatable bonds is 6. The van der Waals surface area contributed by atoms with E-state index in [-0.39, 0.29) is 18.7 Å². The molecule has 1 saturated heterocycles. The Bertz CT molecular complexity index is 843. The van der Waals surface area contributed by atoms with Gasteiger partial charge < -0.3 is 10.1 Å². The first kappa shape index (κ1) is 19.7. The predicted molar refractivity (Wildman–Crippen MR) is 87.2 cm³/mol. The molecule has 1 aliphatic rings. The van der Waals surface area contributed by atoms with Gasteiger partial charge in [0.25, 0.3) is 5.91 Å². The molecule has 1 heterocycles. The van der Waals surface area contributed by atoms with Crippen molar-refractivity contribution >= 4 is 33.3 Å². The van der Waals surface area contributed by atoms with E-state index >= 15 is 0 Å². The maximum atomic E-state index is 13.2. The highest BCUT2D eigenvalue weighted by atomic mass is 32.2. The monoisotopic (exact) mass is 389 g/mol. The quantitative estimate of drug-likeness (QED) is 0.428. The summed E-state index contributed by atoms with van der Waals surface area (Å²) in [5.41, 5.74) is -0.854. The molecule has 1 aliphatic heterocycles. The number of halogens is 1. The third-order valence-electron chi connectivity index (χ3n) is 3.67. The van der Waals surface area contributed by atoms with Crippen LogP contribution in [0.25, 0.3) is 0 Å². The highest BCUT2D eigenvalue weighted by Crippen LogP contribution is 2.22. The molecule has 26 heavy (non-hydrogen) atoms. The number of benzene rings is 1. The molecule has 1 N–H and O–H groups in total. The van der Waals surface area contributed by atoms with Crippen LogP contribution >= 0.6 is 0 Å². The molecule has 1 fully saturated rings. The topological polar surface area (TPSA) is 136 Å². The molecule has 10 nitrogen and oxygen atoms in total. The summed E-state index contributed by atoms with van der Waals surface area (Å²) in [4.78, 5) is 33.5. The van der Waals surface area contributed by atoms with Crippen LogP contribution in [0, 0.1) is 15.9 Å². The largest absolute Gasteiger partial charge is 0.454 e. The number of nitrogens with one attached hydrogen (secondary N) is 1. The molecular formula is C14H16FN3O7S. The van der Waals surface area contributed by atoms with E-state index < -0.39 is 51.0 Å². The number of hydrogen-bond donors (Lipinski definition) is 1. The number of nitro groups is 1. The minimum Gasteiger partial charge on any atom is -0.454 e. The number of anilines is 1. The van der Waals surface area contributed by atoms with Crippen molar-refractivity contribution in [1.29, 1.82) is 0 Å². The average molecular weight is 389 g/mol. The molecule has 1 atom stereocenters. The number of hydrogen-bond acceptors (Lipinski definition) is 7. The first-order valence-corrected chi connectivity index (χ1v) is 9.31. The minimum atomic E-state index is -3.57. The van der Waals surface area contributed by atoms with Gasteiger partial charge in [-0.3, -0.25) is 19.7 Å². The van der Waals surface area contributed by atoms with E-state index in [2.05, 4.69) is 5.32 Å². The van der Waals surface area contributed by atoms with Gasteiger partial charge in [-0.15, -0.1) is 0 Å². The number of nitro benzene ring substituents is 1. The smallest absolute Gasteiger partial charge is 0.324 e. The van der Waals surface area contributed by atoms with Crippen molar-refractivity contribution in [2.45, 2.75) is 18.9 Å². The van der Waals surface area contributed by atoms with Crippen LogP contribution in [0.3, 0.4) is 0 Å².